The second kappa shape index (κ2) is 5.70. The van der Waals surface area contributed by atoms with Gasteiger partial charge in [-0.1, -0.05) is 0 Å². The van der Waals surface area contributed by atoms with E-state index in [0.717, 1.165) is 17.6 Å². The highest BCUT2D eigenvalue weighted by atomic mass is 19.4. The van der Waals surface area contributed by atoms with E-state index < -0.39 is 17.8 Å². The zero-order valence-electron chi connectivity index (χ0n) is 13.1. The molecule has 1 unspecified atom stereocenters. The maximum Gasteiger partial charge on any atom is 0.437 e. The first kappa shape index (κ1) is 16.1. The summed E-state index contributed by atoms with van der Waals surface area (Å²) in [5.41, 5.74) is 2.09. The average molecular weight is 331 g/mol. The lowest BCUT2D eigenvalue weighted by molar-refractivity contribution is -0.141. The van der Waals surface area contributed by atoms with Crippen molar-refractivity contribution in [2.75, 3.05) is 30.0 Å². The van der Waals surface area contributed by atoms with Gasteiger partial charge in [0.1, 0.15) is 0 Å². The normalized spacial score (nSPS) is 22.3. The van der Waals surface area contributed by atoms with Gasteiger partial charge in [-0.15, -0.1) is 5.10 Å². The number of aromatic nitrogens is 2. The fraction of sp³-hybridized carbons (Fsp3) is 0.714. The SMILES string of the molecule is CC(=O)Nn1nc(C(F)(F)F)c(N2CCNCC2C)c1C1CC1. The summed E-state index contributed by atoms with van der Waals surface area (Å²) >= 11 is 0. The summed E-state index contributed by atoms with van der Waals surface area (Å²) in [5, 5.41) is 6.87. The molecule has 1 aliphatic carbocycles. The number of hydrogen-bond acceptors (Lipinski definition) is 4. The minimum absolute atomic E-state index is 0.0162. The van der Waals surface area contributed by atoms with Gasteiger partial charge >= 0.3 is 6.18 Å². The van der Waals surface area contributed by atoms with Crippen LogP contribution in [-0.4, -0.2) is 41.5 Å². The van der Waals surface area contributed by atoms with E-state index in [2.05, 4.69) is 15.8 Å². The van der Waals surface area contributed by atoms with Crippen LogP contribution in [0.1, 0.15) is 44.0 Å². The molecule has 0 bridgehead atoms. The highest BCUT2D eigenvalue weighted by molar-refractivity contribution is 5.81. The maximum atomic E-state index is 13.5. The van der Waals surface area contributed by atoms with Crippen LogP contribution in [0.3, 0.4) is 0 Å². The minimum atomic E-state index is -4.56. The van der Waals surface area contributed by atoms with E-state index in [1.54, 1.807) is 4.90 Å². The number of alkyl halides is 3. The van der Waals surface area contributed by atoms with Crippen molar-refractivity contribution in [1.82, 2.24) is 15.2 Å². The van der Waals surface area contributed by atoms with Gasteiger partial charge in [-0.05, 0) is 19.8 Å². The molecule has 1 aromatic heterocycles. The Morgan fingerprint density at radius 3 is 2.61 bits per heavy atom. The number of anilines is 1. The van der Waals surface area contributed by atoms with Crippen LogP contribution in [0.25, 0.3) is 0 Å². The third-order valence-electron chi connectivity index (χ3n) is 4.18. The molecular formula is C14H20F3N5O. The van der Waals surface area contributed by atoms with E-state index in [-0.39, 0.29) is 17.6 Å². The molecule has 2 fully saturated rings. The summed E-state index contributed by atoms with van der Waals surface area (Å²) in [5.74, 6) is -0.425. The van der Waals surface area contributed by atoms with Gasteiger partial charge in [0.2, 0.25) is 5.91 Å². The van der Waals surface area contributed by atoms with Gasteiger partial charge in [-0.3, -0.25) is 4.79 Å². The number of halogens is 3. The summed E-state index contributed by atoms with van der Waals surface area (Å²) in [6.45, 7) is 4.87. The maximum absolute atomic E-state index is 13.5. The summed E-state index contributed by atoms with van der Waals surface area (Å²) < 4.78 is 40.5. The molecule has 9 heteroatoms. The first-order chi connectivity index (χ1) is 10.8. The van der Waals surface area contributed by atoms with E-state index in [1.165, 1.54) is 6.92 Å². The van der Waals surface area contributed by atoms with Crippen LogP contribution in [0, 0.1) is 0 Å². The molecule has 6 nitrogen and oxygen atoms in total. The van der Waals surface area contributed by atoms with Crippen molar-refractivity contribution in [3.63, 3.8) is 0 Å². The Bertz CT molecular complexity index is 608. The Hall–Kier alpha value is -1.77. The molecule has 1 saturated carbocycles. The average Bonchev–Trinajstić information content (AvgIpc) is 3.20. The summed E-state index contributed by atoms with van der Waals surface area (Å²) in [4.78, 5) is 14.1. The highest BCUT2D eigenvalue weighted by Gasteiger charge is 2.45. The van der Waals surface area contributed by atoms with Crippen molar-refractivity contribution in [3.8, 4) is 0 Å². The smallest absolute Gasteiger partial charge is 0.363 e. The lowest BCUT2D eigenvalue weighted by Crippen LogP contribution is -2.50. The molecular weight excluding hydrogens is 311 g/mol. The second-order valence-corrected chi connectivity index (χ2v) is 6.18. The molecule has 1 aromatic rings. The lowest BCUT2D eigenvalue weighted by atomic mass is 10.1. The van der Waals surface area contributed by atoms with Gasteiger partial charge in [-0.2, -0.15) is 18.0 Å². The van der Waals surface area contributed by atoms with Crippen molar-refractivity contribution >= 4 is 11.6 Å². The molecule has 0 radical (unpaired) electrons. The zero-order valence-corrected chi connectivity index (χ0v) is 13.1. The molecule has 0 spiro atoms. The van der Waals surface area contributed by atoms with Crippen LogP contribution in [0.4, 0.5) is 18.9 Å². The van der Waals surface area contributed by atoms with Crippen molar-refractivity contribution in [3.05, 3.63) is 11.4 Å². The fourth-order valence-corrected chi connectivity index (χ4v) is 3.03. The number of carbonyl (C=O) groups excluding carboxylic acids is 1. The summed E-state index contributed by atoms with van der Waals surface area (Å²) in [7, 11) is 0. The largest absolute Gasteiger partial charge is 0.437 e. The Labute approximate surface area is 132 Å². The van der Waals surface area contributed by atoms with Gasteiger partial charge in [-0.25, -0.2) is 5.43 Å². The molecule has 23 heavy (non-hydrogen) atoms. The summed E-state index contributed by atoms with van der Waals surface area (Å²) in [6, 6.07) is -0.0719. The Morgan fingerprint density at radius 2 is 2.09 bits per heavy atom. The quantitative estimate of drug-likeness (QED) is 0.884. The van der Waals surface area contributed by atoms with Crippen LogP contribution in [0.15, 0.2) is 0 Å². The lowest BCUT2D eigenvalue weighted by Gasteiger charge is -2.36. The molecule has 1 atom stereocenters. The van der Waals surface area contributed by atoms with Crippen LogP contribution in [0.5, 0.6) is 0 Å². The second-order valence-electron chi connectivity index (χ2n) is 6.18. The predicted molar refractivity (Wildman–Crippen MR) is 78.9 cm³/mol. The van der Waals surface area contributed by atoms with Crippen LogP contribution in [0.2, 0.25) is 0 Å². The van der Waals surface area contributed by atoms with Crippen molar-refractivity contribution in [1.29, 1.82) is 0 Å². The number of piperazine rings is 1. The molecule has 2 aliphatic rings. The van der Waals surface area contributed by atoms with E-state index >= 15 is 0 Å². The van der Waals surface area contributed by atoms with Crippen molar-refractivity contribution in [2.45, 2.75) is 44.8 Å². The number of nitrogens with zero attached hydrogens (tertiary/aromatic N) is 3. The standard InChI is InChI=1S/C14H20F3N5O/c1-8-7-18-5-6-21(8)12-11(10-3-4-10)22(19-9(2)23)20-13(12)14(15,16)17/h8,10,18H,3-7H2,1-2H3,(H,19,23). The first-order valence-corrected chi connectivity index (χ1v) is 7.74. The van der Waals surface area contributed by atoms with E-state index in [0.29, 0.717) is 25.3 Å². The predicted octanol–water partition coefficient (Wildman–Crippen LogP) is 1.67. The minimum Gasteiger partial charge on any atom is -0.363 e. The third-order valence-corrected chi connectivity index (χ3v) is 4.18. The molecule has 0 aromatic carbocycles. The van der Waals surface area contributed by atoms with E-state index in [4.69, 9.17) is 0 Å². The molecule has 128 valence electrons. The Morgan fingerprint density at radius 1 is 1.39 bits per heavy atom. The number of carbonyl (C=O) groups is 1. The van der Waals surface area contributed by atoms with Crippen LogP contribution < -0.4 is 15.6 Å². The molecule has 1 aliphatic heterocycles. The number of hydrogen-bond donors (Lipinski definition) is 2. The fourth-order valence-electron chi connectivity index (χ4n) is 3.03. The topological polar surface area (TPSA) is 62.2 Å². The molecule has 2 N–H and O–H groups in total. The van der Waals surface area contributed by atoms with Crippen molar-refractivity contribution < 1.29 is 18.0 Å². The molecule has 2 heterocycles. The third kappa shape index (κ3) is 3.15. The summed E-state index contributed by atoms with van der Waals surface area (Å²) in [6.07, 6.45) is -2.93. The molecule has 1 saturated heterocycles. The molecule has 1 amide bonds. The van der Waals surface area contributed by atoms with E-state index in [9.17, 15) is 18.0 Å². The van der Waals surface area contributed by atoms with Crippen LogP contribution >= 0.6 is 0 Å². The van der Waals surface area contributed by atoms with Crippen LogP contribution in [-0.2, 0) is 11.0 Å². The van der Waals surface area contributed by atoms with Crippen molar-refractivity contribution in [2.24, 2.45) is 0 Å². The number of rotatable bonds is 3. The van der Waals surface area contributed by atoms with Gasteiger partial charge in [0.15, 0.2) is 5.69 Å². The van der Waals surface area contributed by atoms with Gasteiger partial charge in [0, 0.05) is 38.5 Å². The van der Waals surface area contributed by atoms with E-state index in [1.807, 2.05) is 6.92 Å². The first-order valence-electron chi connectivity index (χ1n) is 7.74. The number of amides is 1. The van der Waals surface area contributed by atoms with Gasteiger partial charge < -0.3 is 10.2 Å². The monoisotopic (exact) mass is 331 g/mol. The zero-order chi connectivity index (χ0) is 16.8. The molecule has 3 rings (SSSR count). The number of nitrogens with one attached hydrogen (secondary N) is 2. The Balaban J connectivity index is 2.13. The highest BCUT2D eigenvalue weighted by Crippen LogP contribution is 2.48. The van der Waals surface area contributed by atoms with Gasteiger partial charge in [0.05, 0.1) is 11.4 Å². The van der Waals surface area contributed by atoms with Gasteiger partial charge in [0.25, 0.3) is 0 Å². The Kier molecular flexibility index (Phi) is 3.99.